The normalized spacial score (nSPS) is 47.1. The molecular formula is C20H30O7. The lowest BCUT2D eigenvalue weighted by Crippen LogP contribution is -2.48. The summed E-state index contributed by atoms with van der Waals surface area (Å²) in [5, 5.41) is 31.2. The number of fused-ring (bicyclic) bond motifs is 2. The van der Waals surface area contributed by atoms with E-state index >= 15 is 0 Å². The molecule has 1 aliphatic heterocycles. The SMILES string of the molecule is C/C=C(\C)C(=O)O[C@H]1C[C@H](O)[C@@]2(C)C[C@H]3[C@@H](C[C@@H](C)[C@H]12)OC(=O)[C@@]3(O)CO. The minimum atomic E-state index is -1.95. The smallest absolute Gasteiger partial charge is 0.341 e. The third kappa shape index (κ3) is 3.00. The molecule has 152 valence electrons. The molecule has 1 heterocycles. The topological polar surface area (TPSA) is 113 Å². The number of esters is 2. The summed E-state index contributed by atoms with van der Waals surface area (Å²) >= 11 is 0. The first-order valence-electron chi connectivity index (χ1n) is 9.64. The Morgan fingerprint density at radius 3 is 2.67 bits per heavy atom. The third-order valence-corrected chi connectivity index (χ3v) is 7.18. The van der Waals surface area contributed by atoms with E-state index in [9.17, 15) is 24.9 Å². The first-order valence-corrected chi connectivity index (χ1v) is 9.64. The molecule has 0 aromatic carbocycles. The summed E-state index contributed by atoms with van der Waals surface area (Å²) < 4.78 is 11.1. The number of hydrogen-bond donors (Lipinski definition) is 3. The number of ether oxygens (including phenoxy) is 2. The van der Waals surface area contributed by atoms with Crippen LogP contribution < -0.4 is 0 Å². The van der Waals surface area contributed by atoms with Crippen LogP contribution in [0.1, 0.15) is 47.0 Å². The molecule has 1 saturated heterocycles. The van der Waals surface area contributed by atoms with Crippen molar-refractivity contribution in [2.45, 2.75) is 70.9 Å². The van der Waals surface area contributed by atoms with Crippen LogP contribution in [0.25, 0.3) is 0 Å². The molecule has 0 radical (unpaired) electrons. The van der Waals surface area contributed by atoms with Crippen molar-refractivity contribution in [3.05, 3.63) is 11.6 Å². The number of carbonyl (C=O) groups excluding carboxylic acids is 2. The van der Waals surface area contributed by atoms with Crippen LogP contribution in [0.3, 0.4) is 0 Å². The van der Waals surface area contributed by atoms with Gasteiger partial charge in [0.25, 0.3) is 0 Å². The molecule has 3 fully saturated rings. The van der Waals surface area contributed by atoms with E-state index < -0.39 is 53.8 Å². The van der Waals surface area contributed by atoms with Gasteiger partial charge in [0.2, 0.25) is 0 Å². The van der Waals surface area contributed by atoms with Gasteiger partial charge < -0.3 is 24.8 Å². The summed E-state index contributed by atoms with van der Waals surface area (Å²) in [5.74, 6) is -1.93. The van der Waals surface area contributed by atoms with Crippen molar-refractivity contribution >= 4 is 11.9 Å². The highest BCUT2D eigenvalue weighted by molar-refractivity contribution is 5.87. The Bertz CT molecular complexity index is 659. The lowest BCUT2D eigenvalue weighted by molar-refractivity contribution is -0.160. The second-order valence-electron chi connectivity index (χ2n) is 8.75. The fourth-order valence-electron chi connectivity index (χ4n) is 5.50. The number of rotatable bonds is 3. The molecule has 2 saturated carbocycles. The molecule has 0 amide bonds. The fourth-order valence-corrected chi connectivity index (χ4v) is 5.50. The zero-order valence-electron chi connectivity index (χ0n) is 16.3. The highest BCUT2D eigenvalue weighted by atomic mass is 16.6. The van der Waals surface area contributed by atoms with E-state index in [4.69, 9.17) is 9.47 Å². The summed E-state index contributed by atoms with van der Waals surface area (Å²) in [6, 6.07) is 0. The van der Waals surface area contributed by atoms with E-state index in [1.807, 2.05) is 13.8 Å². The van der Waals surface area contributed by atoms with Crippen LogP contribution in [0, 0.1) is 23.2 Å². The van der Waals surface area contributed by atoms with Crippen molar-refractivity contribution in [3.63, 3.8) is 0 Å². The molecule has 8 atom stereocenters. The van der Waals surface area contributed by atoms with Gasteiger partial charge in [-0.15, -0.1) is 0 Å². The fraction of sp³-hybridized carbons (Fsp3) is 0.800. The molecule has 3 rings (SSSR count). The quantitative estimate of drug-likeness (QED) is 0.492. The van der Waals surface area contributed by atoms with Crippen LogP contribution in [-0.4, -0.2) is 57.8 Å². The molecule has 7 nitrogen and oxygen atoms in total. The average Bonchev–Trinajstić information content (AvgIpc) is 2.94. The van der Waals surface area contributed by atoms with Crippen molar-refractivity contribution in [1.82, 2.24) is 0 Å². The molecular weight excluding hydrogens is 352 g/mol. The van der Waals surface area contributed by atoms with Gasteiger partial charge in [0.05, 0.1) is 12.7 Å². The number of aliphatic hydroxyl groups is 3. The second kappa shape index (κ2) is 6.87. The zero-order valence-corrected chi connectivity index (χ0v) is 16.3. The van der Waals surface area contributed by atoms with Crippen molar-refractivity contribution in [1.29, 1.82) is 0 Å². The highest BCUT2D eigenvalue weighted by Crippen LogP contribution is 2.58. The van der Waals surface area contributed by atoms with E-state index in [1.54, 1.807) is 19.9 Å². The Morgan fingerprint density at radius 2 is 2.07 bits per heavy atom. The van der Waals surface area contributed by atoms with Gasteiger partial charge >= 0.3 is 11.9 Å². The zero-order chi connectivity index (χ0) is 20.1. The van der Waals surface area contributed by atoms with E-state index in [2.05, 4.69) is 0 Å². The number of aliphatic hydroxyl groups excluding tert-OH is 2. The van der Waals surface area contributed by atoms with Crippen molar-refractivity contribution in [3.8, 4) is 0 Å². The maximum Gasteiger partial charge on any atom is 0.341 e. The first kappa shape index (κ1) is 20.3. The minimum absolute atomic E-state index is 0.000273. The molecule has 0 unspecified atom stereocenters. The standard InChI is InChI=1S/C20H30O7/c1-5-10(2)17(23)26-14-7-15(22)19(4)8-12-13(6-11(3)16(14)19)27-18(24)20(12,25)9-21/h5,11-16,21-22,25H,6-9H2,1-4H3/b10-5+/t11-,12+,13-,14+,15+,16-,19-,20-/m1/s1. The van der Waals surface area contributed by atoms with Crippen LogP contribution >= 0.6 is 0 Å². The monoisotopic (exact) mass is 382 g/mol. The largest absolute Gasteiger partial charge is 0.460 e. The predicted molar refractivity (Wildman–Crippen MR) is 95.3 cm³/mol. The Kier molecular flexibility index (Phi) is 5.16. The Labute approximate surface area is 159 Å². The molecule has 7 heteroatoms. The van der Waals surface area contributed by atoms with E-state index in [-0.39, 0.29) is 11.8 Å². The van der Waals surface area contributed by atoms with Crippen molar-refractivity contribution in [2.24, 2.45) is 23.2 Å². The maximum atomic E-state index is 12.3. The Balaban J connectivity index is 1.92. The summed E-state index contributed by atoms with van der Waals surface area (Å²) in [6.07, 6.45) is 1.10. The maximum absolute atomic E-state index is 12.3. The molecule has 3 N–H and O–H groups in total. The molecule has 0 spiro atoms. The highest BCUT2D eigenvalue weighted by Gasteiger charge is 2.65. The average molecular weight is 382 g/mol. The van der Waals surface area contributed by atoms with E-state index in [0.717, 1.165) is 0 Å². The van der Waals surface area contributed by atoms with Crippen LogP contribution in [0.2, 0.25) is 0 Å². The summed E-state index contributed by atoms with van der Waals surface area (Å²) in [5.41, 5.74) is -2.09. The summed E-state index contributed by atoms with van der Waals surface area (Å²) in [4.78, 5) is 24.4. The van der Waals surface area contributed by atoms with Gasteiger partial charge in [-0.05, 0) is 32.6 Å². The molecule has 27 heavy (non-hydrogen) atoms. The van der Waals surface area contributed by atoms with Gasteiger partial charge in [0, 0.05) is 29.2 Å². The number of hydrogen-bond acceptors (Lipinski definition) is 7. The van der Waals surface area contributed by atoms with Crippen LogP contribution in [0.5, 0.6) is 0 Å². The van der Waals surface area contributed by atoms with Gasteiger partial charge in [0.1, 0.15) is 12.2 Å². The molecule has 0 aromatic heterocycles. The Hall–Kier alpha value is -1.44. The van der Waals surface area contributed by atoms with Crippen molar-refractivity contribution in [2.75, 3.05) is 6.61 Å². The minimum Gasteiger partial charge on any atom is -0.460 e. The predicted octanol–water partition coefficient (Wildman–Crippen LogP) is 0.946. The summed E-state index contributed by atoms with van der Waals surface area (Å²) in [6.45, 7) is 6.66. The van der Waals surface area contributed by atoms with Crippen LogP contribution in [0.15, 0.2) is 11.6 Å². The van der Waals surface area contributed by atoms with Gasteiger partial charge in [0.15, 0.2) is 5.60 Å². The van der Waals surface area contributed by atoms with Gasteiger partial charge in [-0.2, -0.15) is 0 Å². The summed E-state index contributed by atoms with van der Waals surface area (Å²) in [7, 11) is 0. The lowest BCUT2D eigenvalue weighted by Gasteiger charge is -2.39. The van der Waals surface area contributed by atoms with Gasteiger partial charge in [-0.25, -0.2) is 9.59 Å². The van der Waals surface area contributed by atoms with Gasteiger partial charge in [-0.3, -0.25) is 0 Å². The number of carbonyl (C=O) groups is 2. The molecule has 0 bridgehead atoms. The van der Waals surface area contributed by atoms with E-state index in [0.29, 0.717) is 24.8 Å². The first-order chi connectivity index (χ1) is 12.6. The van der Waals surface area contributed by atoms with E-state index in [1.165, 1.54) is 0 Å². The van der Waals surface area contributed by atoms with Gasteiger partial charge in [-0.1, -0.05) is 19.9 Å². The lowest BCUT2D eigenvalue weighted by atomic mass is 9.67. The third-order valence-electron chi connectivity index (χ3n) is 7.18. The molecule has 3 aliphatic rings. The second-order valence-corrected chi connectivity index (χ2v) is 8.75. The van der Waals surface area contributed by atoms with Crippen LogP contribution in [0.4, 0.5) is 0 Å². The molecule has 0 aromatic rings. The van der Waals surface area contributed by atoms with Crippen molar-refractivity contribution < 1.29 is 34.4 Å². The number of allylic oxidation sites excluding steroid dienone is 1. The van der Waals surface area contributed by atoms with Crippen LogP contribution in [-0.2, 0) is 19.1 Å². The molecule has 2 aliphatic carbocycles. The Morgan fingerprint density at radius 1 is 1.41 bits per heavy atom.